The predicted molar refractivity (Wildman–Crippen MR) is 87.8 cm³/mol. The normalized spacial score (nSPS) is 10.8. The fourth-order valence-electron chi connectivity index (χ4n) is 2.27. The van der Waals surface area contributed by atoms with Gasteiger partial charge in [-0.05, 0) is 36.8 Å². The minimum absolute atomic E-state index is 0.0341. The molecule has 0 aliphatic heterocycles. The molecule has 5 heteroatoms. The van der Waals surface area contributed by atoms with Gasteiger partial charge in [0.1, 0.15) is 5.82 Å². The van der Waals surface area contributed by atoms with Crippen LogP contribution < -0.4 is 4.90 Å². The first-order valence-corrected chi connectivity index (χ1v) is 7.89. The Bertz CT molecular complexity index is 765. The van der Waals surface area contributed by atoms with Crippen molar-refractivity contribution >= 4 is 32.6 Å². The van der Waals surface area contributed by atoms with E-state index in [4.69, 9.17) is 0 Å². The van der Waals surface area contributed by atoms with Gasteiger partial charge in [0.05, 0.1) is 16.6 Å². The maximum Gasteiger partial charge on any atom is 0.233 e. The maximum atomic E-state index is 12.9. The minimum Gasteiger partial charge on any atom is -0.288 e. The van der Waals surface area contributed by atoms with Gasteiger partial charge in [0, 0.05) is 6.54 Å². The number of amides is 1. The van der Waals surface area contributed by atoms with Gasteiger partial charge < -0.3 is 0 Å². The molecular formula is C17H15FN2OS. The molecule has 0 aliphatic rings. The average Bonchev–Trinajstić information content (AvgIpc) is 2.94. The topological polar surface area (TPSA) is 33.2 Å². The van der Waals surface area contributed by atoms with E-state index in [0.717, 1.165) is 15.8 Å². The quantitative estimate of drug-likeness (QED) is 0.728. The van der Waals surface area contributed by atoms with E-state index in [-0.39, 0.29) is 18.1 Å². The van der Waals surface area contributed by atoms with Crippen molar-refractivity contribution in [1.82, 2.24) is 4.98 Å². The summed E-state index contributed by atoms with van der Waals surface area (Å²) in [7, 11) is 0. The maximum absolute atomic E-state index is 12.9. The molecule has 112 valence electrons. The highest BCUT2D eigenvalue weighted by Gasteiger charge is 2.18. The van der Waals surface area contributed by atoms with Crippen LogP contribution in [-0.2, 0) is 11.2 Å². The Hall–Kier alpha value is -2.27. The van der Waals surface area contributed by atoms with E-state index in [0.29, 0.717) is 11.7 Å². The number of aromatic nitrogens is 1. The second-order valence-corrected chi connectivity index (χ2v) is 5.91. The Balaban J connectivity index is 1.83. The number of fused-ring (bicyclic) bond motifs is 1. The number of para-hydroxylation sites is 1. The summed E-state index contributed by atoms with van der Waals surface area (Å²) < 4.78 is 14.0. The van der Waals surface area contributed by atoms with E-state index in [1.807, 2.05) is 31.2 Å². The zero-order valence-electron chi connectivity index (χ0n) is 12.1. The van der Waals surface area contributed by atoms with Crippen LogP contribution >= 0.6 is 11.3 Å². The zero-order chi connectivity index (χ0) is 15.5. The molecule has 22 heavy (non-hydrogen) atoms. The standard InChI is InChI=1S/C17H15FN2OS/c1-2-20(16(21)11-12-7-9-13(18)10-8-12)17-19-14-5-3-4-6-15(14)22-17/h3-10H,2,11H2,1H3. The Morgan fingerprint density at radius 3 is 2.59 bits per heavy atom. The average molecular weight is 314 g/mol. The molecule has 0 spiro atoms. The van der Waals surface area contributed by atoms with Crippen LogP contribution in [0.2, 0.25) is 0 Å². The van der Waals surface area contributed by atoms with Crippen molar-refractivity contribution in [2.45, 2.75) is 13.3 Å². The van der Waals surface area contributed by atoms with Crippen LogP contribution in [0.25, 0.3) is 10.2 Å². The summed E-state index contributed by atoms with van der Waals surface area (Å²) in [5, 5.41) is 0.704. The summed E-state index contributed by atoms with van der Waals surface area (Å²) in [6.07, 6.45) is 0.240. The van der Waals surface area contributed by atoms with Gasteiger partial charge in [0.25, 0.3) is 0 Å². The van der Waals surface area contributed by atoms with E-state index >= 15 is 0 Å². The summed E-state index contributed by atoms with van der Waals surface area (Å²) in [6, 6.07) is 13.8. The summed E-state index contributed by atoms with van der Waals surface area (Å²) in [5.74, 6) is -0.331. The van der Waals surface area contributed by atoms with Crippen molar-refractivity contribution in [1.29, 1.82) is 0 Å². The van der Waals surface area contributed by atoms with Crippen molar-refractivity contribution < 1.29 is 9.18 Å². The first-order chi connectivity index (χ1) is 10.7. The molecule has 0 saturated heterocycles. The largest absolute Gasteiger partial charge is 0.288 e. The number of benzene rings is 2. The molecule has 0 unspecified atom stereocenters. The summed E-state index contributed by atoms with van der Waals surface area (Å²) in [5.41, 5.74) is 1.70. The van der Waals surface area contributed by atoms with E-state index in [2.05, 4.69) is 4.98 Å². The Morgan fingerprint density at radius 1 is 1.18 bits per heavy atom. The van der Waals surface area contributed by atoms with Gasteiger partial charge in [0.2, 0.25) is 5.91 Å². The van der Waals surface area contributed by atoms with Crippen LogP contribution in [0, 0.1) is 5.82 Å². The SMILES string of the molecule is CCN(C(=O)Cc1ccc(F)cc1)c1nc2ccccc2s1. The van der Waals surface area contributed by atoms with Crippen molar-refractivity contribution in [3.8, 4) is 0 Å². The first kappa shape index (κ1) is 14.7. The lowest BCUT2D eigenvalue weighted by Gasteiger charge is -2.17. The third-order valence-electron chi connectivity index (χ3n) is 3.40. The molecule has 3 nitrogen and oxygen atoms in total. The molecule has 2 aromatic carbocycles. The van der Waals surface area contributed by atoms with Gasteiger partial charge in [-0.25, -0.2) is 9.37 Å². The van der Waals surface area contributed by atoms with Crippen molar-refractivity contribution in [3.63, 3.8) is 0 Å². The van der Waals surface area contributed by atoms with Crippen LogP contribution in [0.3, 0.4) is 0 Å². The fraction of sp³-hybridized carbons (Fsp3) is 0.176. The number of likely N-dealkylation sites (N-methyl/N-ethyl adjacent to an activating group) is 1. The van der Waals surface area contributed by atoms with Crippen LogP contribution in [0.5, 0.6) is 0 Å². The minimum atomic E-state index is -0.297. The van der Waals surface area contributed by atoms with Gasteiger partial charge in [-0.1, -0.05) is 35.6 Å². The molecule has 1 amide bonds. The van der Waals surface area contributed by atoms with Gasteiger partial charge in [-0.3, -0.25) is 9.69 Å². The zero-order valence-corrected chi connectivity index (χ0v) is 12.9. The molecule has 0 bridgehead atoms. The predicted octanol–water partition coefficient (Wildman–Crippen LogP) is 4.03. The number of carbonyl (C=O) groups excluding carboxylic acids is 1. The summed E-state index contributed by atoms with van der Waals surface area (Å²) in [6.45, 7) is 2.48. The lowest BCUT2D eigenvalue weighted by molar-refractivity contribution is -0.117. The van der Waals surface area contributed by atoms with E-state index in [9.17, 15) is 9.18 Å². The second kappa shape index (κ2) is 6.23. The van der Waals surface area contributed by atoms with Crippen molar-refractivity contribution in [2.75, 3.05) is 11.4 Å². The summed E-state index contributed by atoms with van der Waals surface area (Å²) >= 11 is 1.51. The molecule has 3 rings (SSSR count). The second-order valence-electron chi connectivity index (χ2n) is 4.91. The highest BCUT2D eigenvalue weighted by atomic mass is 32.1. The smallest absolute Gasteiger partial charge is 0.233 e. The monoisotopic (exact) mass is 314 g/mol. The molecule has 0 saturated carbocycles. The van der Waals surface area contributed by atoms with Gasteiger partial charge in [-0.15, -0.1) is 0 Å². The molecule has 0 atom stereocenters. The lowest BCUT2D eigenvalue weighted by atomic mass is 10.1. The number of hydrogen-bond donors (Lipinski definition) is 0. The first-order valence-electron chi connectivity index (χ1n) is 7.07. The number of hydrogen-bond acceptors (Lipinski definition) is 3. The van der Waals surface area contributed by atoms with Crippen LogP contribution in [0.15, 0.2) is 48.5 Å². The van der Waals surface area contributed by atoms with Crippen LogP contribution in [0.4, 0.5) is 9.52 Å². The Morgan fingerprint density at radius 2 is 1.91 bits per heavy atom. The molecule has 0 fully saturated rings. The molecule has 0 N–H and O–H groups in total. The highest BCUT2D eigenvalue weighted by molar-refractivity contribution is 7.22. The highest BCUT2D eigenvalue weighted by Crippen LogP contribution is 2.28. The van der Waals surface area contributed by atoms with Crippen LogP contribution in [-0.4, -0.2) is 17.4 Å². The van der Waals surface area contributed by atoms with Crippen molar-refractivity contribution in [3.05, 3.63) is 59.9 Å². The van der Waals surface area contributed by atoms with Gasteiger partial charge >= 0.3 is 0 Å². The number of nitrogens with zero attached hydrogens (tertiary/aromatic N) is 2. The van der Waals surface area contributed by atoms with Gasteiger partial charge in [0.15, 0.2) is 5.13 Å². The van der Waals surface area contributed by atoms with E-state index in [1.54, 1.807) is 17.0 Å². The van der Waals surface area contributed by atoms with Gasteiger partial charge in [-0.2, -0.15) is 0 Å². The molecule has 0 aliphatic carbocycles. The molecule has 3 aromatic rings. The third kappa shape index (κ3) is 2.99. The molecule has 1 heterocycles. The fourth-order valence-corrected chi connectivity index (χ4v) is 3.31. The number of rotatable bonds is 4. The molecular weight excluding hydrogens is 299 g/mol. The number of thiazole rings is 1. The van der Waals surface area contributed by atoms with E-state index in [1.165, 1.54) is 23.5 Å². The van der Waals surface area contributed by atoms with Crippen molar-refractivity contribution in [2.24, 2.45) is 0 Å². The molecule has 1 aromatic heterocycles. The number of anilines is 1. The molecule has 0 radical (unpaired) electrons. The third-order valence-corrected chi connectivity index (χ3v) is 4.46. The Labute approximate surface area is 132 Å². The number of halogens is 1. The Kier molecular flexibility index (Phi) is 4.15. The summed E-state index contributed by atoms with van der Waals surface area (Å²) in [4.78, 5) is 18.7. The van der Waals surface area contributed by atoms with E-state index < -0.39 is 0 Å². The van der Waals surface area contributed by atoms with Crippen LogP contribution in [0.1, 0.15) is 12.5 Å². The lowest BCUT2D eigenvalue weighted by Crippen LogP contribution is -2.31. The number of carbonyl (C=O) groups is 1.